The Labute approximate surface area is 89.9 Å². The summed E-state index contributed by atoms with van der Waals surface area (Å²) in [4.78, 5) is 11.4. The lowest BCUT2D eigenvalue weighted by molar-refractivity contribution is 0.859. The zero-order valence-corrected chi connectivity index (χ0v) is 8.78. The van der Waals surface area contributed by atoms with Gasteiger partial charge in [0.2, 0.25) is 4.77 Å². The van der Waals surface area contributed by atoms with Crippen molar-refractivity contribution in [1.29, 1.82) is 0 Å². The first-order valence-corrected chi connectivity index (χ1v) is 4.60. The number of hydrogen-bond donors (Lipinski definition) is 2. The Hall–Kier alpha value is -1.89. The molecule has 0 saturated carbocycles. The predicted octanol–water partition coefficient (Wildman–Crippen LogP) is 0.0202. The molecule has 0 aromatic carbocycles. The summed E-state index contributed by atoms with van der Waals surface area (Å²) >= 11 is 4.87. The van der Waals surface area contributed by atoms with Crippen LogP contribution < -0.4 is 11.4 Å². The van der Waals surface area contributed by atoms with Crippen LogP contribution in [0.3, 0.4) is 0 Å². The third-order valence-electron chi connectivity index (χ3n) is 2.07. The van der Waals surface area contributed by atoms with Gasteiger partial charge in [-0.05, 0) is 18.3 Å². The molecule has 2 heterocycles. The molecule has 0 saturated heterocycles. The van der Waals surface area contributed by atoms with Crippen LogP contribution in [0.4, 0.5) is 0 Å². The molecule has 0 fully saturated rings. The molecule has 0 spiro atoms. The molecule has 0 atom stereocenters. The summed E-state index contributed by atoms with van der Waals surface area (Å²) in [6.07, 6.45) is 1.65. The Balaban J connectivity index is 2.65. The van der Waals surface area contributed by atoms with Gasteiger partial charge in [0.15, 0.2) is 5.82 Å². The number of pyridine rings is 1. The van der Waals surface area contributed by atoms with Crippen LogP contribution in [-0.2, 0) is 7.05 Å². The van der Waals surface area contributed by atoms with E-state index in [1.807, 2.05) is 0 Å². The lowest BCUT2D eigenvalue weighted by Gasteiger charge is -2.01. The monoisotopic (exact) mass is 223 g/mol. The van der Waals surface area contributed by atoms with Crippen molar-refractivity contribution in [2.45, 2.75) is 0 Å². The molecule has 6 nitrogen and oxygen atoms in total. The fourth-order valence-electron chi connectivity index (χ4n) is 1.20. The van der Waals surface area contributed by atoms with Gasteiger partial charge in [-0.15, -0.1) is 0 Å². The maximum atomic E-state index is 11.4. The normalized spacial score (nSPS) is 10.5. The van der Waals surface area contributed by atoms with Crippen LogP contribution in [0.25, 0.3) is 11.4 Å². The molecule has 15 heavy (non-hydrogen) atoms. The van der Waals surface area contributed by atoms with Gasteiger partial charge in [-0.25, -0.2) is 9.77 Å². The number of hydrogen-bond acceptors (Lipinski definition) is 4. The summed E-state index contributed by atoms with van der Waals surface area (Å²) in [5.41, 5.74) is 0.509. The molecule has 78 valence electrons. The third kappa shape index (κ3) is 1.57. The Morgan fingerprint density at radius 2 is 2.33 bits per heavy atom. The number of nitrogen functional groups attached to an aromatic ring is 1. The van der Waals surface area contributed by atoms with Crippen LogP contribution in [0.2, 0.25) is 0 Å². The lowest BCUT2D eigenvalue weighted by Crippen LogP contribution is -2.16. The van der Waals surface area contributed by atoms with E-state index in [0.717, 1.165) is 0 Å². The van der Waals surface area contributed by atoms with E-state index in [0.29, 0.717) is 16.2 Å². The highest BCUT2D eigenvalue weighted by atomic mass is 32.1. The van der Waals surface area contributed by atoms with Gasteiger partial charge in [0, 0.05) is 24.9 Å². The molecule has 0 bridgehead atoms. The number of rotatable bonds is 1. The summed E-state index contributed by atoms with van der Waals surface area (Å²) < 4.78 is 3.00. The Morgan fingerprint density at radius 3 is 2.87 bits per heavy atom. The smallest absolute Gasteiger partial charge is 0.250 e. The first-order chi connectivity index (χ1) is 7.09. The quantitative estimate of drug-likeness (QED) is 0.527. The molecule has 2 aromatic heterocycles. The molecule has 7 heteroatoms. The van der Waals surface area contributed by atoms with Gasteiger partial charge < -0.3 is 10.4 Å². The van der Waals surface area contributed by atoms with Gasteiger partial charge in [-0.3, -0.25) is 4.79 Å². The number of H-pyrrole nitrogens is 1. The van der Waals surface area contributed by atoms with E-state index in [1.54, 1.807) is 19.3 Å². The van der Waals surface area contributed by atoms with Crippen LogP contribution in [0.1, 0.15) is 0 Å². The predicted molar refractivity (Wildman–Crippen MR) is 58.2 cm³/mol. The minimum atomic E-state index is -0.124. The maximum absolute atomic E-state index is 11.4. The average molecular weight is 223 g/mol. The first-order valence-electron chi connectivity index (χ1n) is 4.19. The fraction of sp³-hybridized carbons (Fsp3) is 0.125. The molecular weight excluding hydrogens is 214 g/mol. The van der Waals surface area contributed by atoms with E-state index < -0.39 is 0 Å². The second kappa shape index (κ2) is 3.35. The number of aromatic nitrogens is 4. The van der Waals surface area contributed by atoms with Crippen molar-refractivity contribution in [3.8, 4) is 11.4 Å². The largest absolute Gasteiger partial charge is 0.335 e. The third-order valence-corrected chi connectivity index (χ3v) is 2.35. The van der Waals surface area contributed by atoms with Crippen molar-refractivity contribution in [2.24, 2.45) is 7.05 Å². The molecule has 2 rings (SSSR count). The van der Waals surface area contributed by atoms with E-state index in [4.69, 9.17) is 18.1 Å². The molecule has 3 N–H and O–H groups in total. The first kappa shape index (κ1) is 9.66. The summed E-state index contributed by atoms with van der Waals surface area (Å²) in [5.74, 6) is 6.07. The highest BCUT2D eigenvalue weighted by Crippen LogP contribution is 2.11. The Bertz CT molecular complexity index is 608. The number of aryl methyl sites for hydroxylation is 1. The van der Waals surface area contributed by atoms with Crippen LogP contribution >= 0.6 is 12.2 Å². The van der Waals surface area contributed by atoms with E-state index in [1.165, 1.54) is 15.3 Å². The molecule has 0 aliphatic carbocycles. The Morgan fingerprint density at radius 1 is 1.60 bits per heavy atom. The summed E-state index contributed by atoms with van der Waals surface area (Å²) in [6, 6.07) is 3.20. The molecular formula is C8H9N5OS. The number of nitrogens with zero attached hydrogens (tertiary/aromatic N) is 3. The zero-order chi connectivity index (χ0) is 11.0. The summed E-state index contributed by atoms with van der Waals surface area (Å²) in [5, 5.41) is 6.48. The minimum absolute atomic E-state index is 0.124. The maximum Gasteiger partial charge on any atom is 0.250 e. The fourth-order valence-corrected chi connectivity index (χ4v) is 1.33. The van der Waals surface area contributed by atoms with E-state index in [2.05, 4.69) is 10.2 Å². The topological polar surface area (TPSA) is 81.6 Å². The van der Waals surface area contributed by atoms with Gasteiger partial charge in [0.05, 0.1) is 0 Å². The van der Waals surface area contributed by atoms with E-state index in [9.17, 15) is 4.79 Å². The lowest BCUT2D eigenvalue weighted by atomic mass is 10.2. The van der Waals surface area contributed by atoms with Gasteiger partial charge in [-0.1, -0.05) is 0 Å². The van der Waals surface area contributed by atoms with Crippen molar-refractivity contribution in [2.75, 3.05) is 5.84 Å². The SMILES string of the molecule is Cn1ccc(-c2n[nH]c(=S)n2N)cc1=O. The molecule has 0 unspecified atom stereocenters. The van der Waals surface area contributed by atoms with Crippen LogP contribution in [0.15, 0.2) is 23.1 Å². The number of nitrogens with two attached hydrogens (primary N) is 1. The summed E-state index contributed by atoms with van der Waals surface area (Å²) in [6.45, 7) is 0. The highest BCUT2D eigenvalue weighted by molar-refractivity contribution is 7.71. The number of aromatic amines is 1. The van der Waals surface area contributed by atoms with Gasteiger partial charge in [-0.2, -0.15) is 5.10 Å². The second-order valence-corrected chi connectivity index (χ2v) is 3.47. The van der Waals surface area contributed by atoms with Crippen LogP contribution in [0.5, 0.6) is 0 Å². The molecule has 2 aromatic rings. The average Bonchev–Trinajstić information content (AvgIpc) is 2.53. The van der Waals surface area contributed by atoms with Crippen LogP contribution in [-0.4, -0.2) is 19.4 Å². The molecule has 0 aliphatic heterocycles. The van der Waals surface area contributed by atoms with Gasteiger partial charge >= 0.3 is 0 Å². The van der Waals surface area contributed by atoms with Crippen molar-refractivity contribution in [1.82, 2.24) is 19.4 Å². The van der Waals surface area contributed by atoms with Gasteiger partial charge in [0.1, 0.15) is 0 Å². The molecule has 0 aliphatic rings. The minimum Gasteiger partial charge on any atom is -0.335 e. The molecule has 0 radical (unpaired) electrons. The van der Waals surface area contributed by atoms with Crippen LogP contribution in [0, 0.1) is 4.77 Å². The van der Waals surface area contributed by atoms with E-state index >= 15 is 0 Å². The van der Waals surface area contributed by atoms with E-state index in [-0.39, 0.29) is 5.56 Å². The highest BCUT2D eigenvalue weighted by Gasteiger charge is 2.06. The standard InChI is InChI=1S/C8H9N5OS/c1-12-3-2-5(4-6(12)14)7-10-11-8(15)13(7)9/h2-4H,9H2,1H3,(H,11,15). The van der Waals surface area contributed by atoms with Crippen molar-refractivity contribution >= 4 is 12.2 Å². The van der Waals surface area contributed by atoms with Crippen molar-refractivity contribution in [3.05, 3.63) is 33.5 Å². The van der Waals surface area contributed by atoms with Gasteiger partial charge in [0.25, 0.3) is 5.56 Å². The molecule has 0 amide bonds. The Kier molecular flexibility index (Phi) is 2.16. The van der Waals surface area contributed by atoms with Crippen molar-refractivity contribution in [3.63, 3.8) is 0 Å². The van der Waals surface area contributed by atoms with Crippen molar-refractivity contribution < 1.29 is 0 Å². The second-order valence-electron chi connectivity index (χ2n) is 3.09. The summed E-state index contributed by atoms with van der Waals surface area (Å²) in [7, 11) is 1.67. The zero-order valence-electron chi connectivity index (χ0n) is 7.97. The number of nitrogens with one attached hydrogen (secondary N) is 1.